The Morgan fingerprint density at radius 3 is 2.27 bits per heavy atom. The lowest BCUT2D eigenvalue weighted by Crippen LogP contribution is -2.48. The molecule has 0 saturated heterocycles. The highest BCUT2D eigenvalue weighted by Crippen LogP contribution is 2.63. The van der Waals surface area contributed by atoms with Crippen LogP contribution >= 0.6 is 15.9 Å². The number of amides is 1. The predicted octanol–water partition coefficient (Wildman–Crippen LogP) is 3.17. The summed E-state index contributed by atoms with van der Waals surface area (Å²) >= 11 is 3.39. The summed E-state index contributed by atoms with van der Waals surface area (Å²) in [5, 5.41) is 12.6. The van der Waals surface area contributed by atoms with E-state index in [1.807, 2.05) is 12.2 Å². The molecule has 0 aromatic heterocycles. The highest BCUT2D eigenvalue weighted by atomic mass is 79.9. The van der Waals surface area contributed by atoms with Crippen molar-refractivity contribution < 1.29 is 24.2 Å². The fourth-order valence-electron chi connectivity index (χ4n) is 4.74. The van der Waals surface area contributed by atoms with Gasteiger partial charge in [-0.25, -0.2) is 0 Å². The molecule has 0 spiro atoms. The molecule has 5 rings (SSSR count). The lowest BCUT2D eigenvalue weighted by Gasteiger charge is -2.41. The summed E-state index contributed by atoms with van der Waals surface area (Å²) in [4.78, 5) is 25.0. The first-order valence-electron chi connectivity index (χ1n) is 8.59. The number of anilines is 1. The van der Waals surface area contributed by atoms with Crippen molar-refractivity contribution in [3.05, 3.63) is 28.8 Å². The molecule has 7 heteroatoms. The number of benzene rings is 1. The van der Waals surface area contributed by atoms with Crippen molar-refractivity contribution in [2.75, 3.05) is 19.5 Å². The molecule has 4 aliphatic rings. The Morgan fingerprint density at radius 2 is 1.69 bits per heavy atom. The predicted molar refractivity (Wildman–Crippen MR) is 98.2 cm³/mol. The number of hydrogen-bond donors (Lipinski definition) is 2. The minimum atomic E-state index is -0.893. The van der Waals surface area contributed by atoms with E-state index < -0.39 is 17.8 Å². The summed E-state index contributed by atoms with van der Waals surface area (Å²) in [6, 6.07) is 3.39. The number of carboxylic acid groups (broad SMARTS) is 1. The van der Waals surface area contributed by atoms with E-state index in [1.165, 1.54) is 14.2 Å². The molecule has 6 atom stereocenters. The number of aliphatic carboxylic acids is 1. The molecule has 0 unspecified atom stereocenters. The average molecular weight is 422 g/mol. The van der Waals surface area contributed by atoms with Gasteiger partial charge in [-0.1, -0.05) is 12.2 Å². The fraction of sp³-hybridized carbons (Fsp3) is 0.474. The van der Waals surface area contributed by atoms with E-state index in [0.29, 0.717) is 33.5 Å². The summed E-state index contributed by atoms with van der Waals surface area (Å²) < 4.78 is 11.3. The van der Waals surface area contributed by atoms with Gasteiger partial charge in [0.05, 0.1) is 36.2 Å². The average Bonchev–Trinajstić information content (AvgIpc) is 3.44. The van der Waals surface area contributed by atoms with Gasteiger partial charge in [0.15, 0.2) is 0 Å². The minimum Gasteiger partial charge on any atom is -0.495 e. The van der Waals surface area contributed by atoms with Crippen molar-refractivity contribution in [2.24, 2.45) is 35.5 Å². The second-order valence-electron chi connectivity index (χ2n) is 7.17. The zero-order chi connectivity index (χ0) is 18.6. The molecular formula is C19H20BrNO5. The smallest absolute Gasteiger partial charge is 0.307 e. The number of allylic oxidation sites excluding steroid dienone is 2. The van der Waals surface area contributed by atoms with Gasteiger partial charge in [-0.2, -0.15) is 0 Å². The first-order chi connectivity index (χ1) is 12.5. The van der Waals surface area contributed by atoms with Gasteiger partial charge >= 0.3 is 5.97 Å². The first kappa shape index (κ1) is 17.4. The van der Waals surface area contributed by atoms with E-state index in [4.69, 9.17) is 9.47 Å². The molecule has 1 aromatic carbocycles. The molecule has 2 bridgehead atoms. The minimum absolute atomic E-state index is 0.00515. The molecule has 2 N–H and O–H groups in total. The maximum absolute atomic E-state index is 13.1. The number of methoxy groups -OCH3 is 2. The number of carboxylic acids is 1. The molecule has 138 valence electrons. The van der Waals surface area contributed by atoms with Crippen molar-refractivity contribution in [1.82, 2.24) is 0 Å². The van der Waals surface area contributed by atoms with Crippen LogP contribution in [0.1, 0.15) is 6.42 Å². The summed E-state index contributed by atoms with van der Waals surface area (Å²) in [5.41, 5.74) is 0.472. The molecule has 6 nitrogen and oxygen atoms in total. The van der Waals surface area contributed by atoms with Crippen molar-refractivity contribution in [3.63, 3.8) is 0 Å². The number of rotatable bonds is 5. The number of carbonyl (C=O) groups is 2. The van der Waals surface area contributed by atoms with Crippen molar-refractivity contribution in [3.8, 4) is 11.5 Å². The van der Waals surface area contributed by atoms with Crippen molar-refractivity contribution >= 4 is 33.5 Å². The second kappa shape index (κ2) is 6.30. The highest BCUT2D eigenvalue weighted by Gasteiger charge is 2.63. The van der Waals surface area contributed by atoms with Crippen LogP contribution in [0.4, 0.5) is 5.69 Å². The topological polar surface area (TPSA) is 84.9 Å². The summed E-state index contributed by atoms with van der Waals surface area (Å²) in [6.07, 6.45) is 5.07. The van der Waals surface area contributed by atoms with E-state index >= 15 is 0 Å². The number of carbonyl (C=O) groups excluding carboxylic acids is 1. The monoisotopic (exact) mass is 421 g/mol. The number of nitrogens with one attached hydrogen (secondary N) is 1. The molecule has 1 amide bonds. The number of fused-ring (bicyclic) bond motifs is 1. The van der Waals surface area contributed by atoms with Crippen LogP contribution in [0.5, 0.6) is 11.5 Å². The molecule has 0 heterocycles. The lowest BCUT2D eigenvalue weighted by atomic mass is 9.62. The fourth-order valence-corrected chi connectivity index (χ4v) is 5.23. The van der Waals surface area contributed by atoms with Gasteiger partial charge in [0.25, 0.3) is 0 Å². The molecular weight excluding hydrogens is 402 g/mol. The van der Waals surface area contributed by atoms with Crippen LogP contribution in [0, 0.1) is 35.5 Å². The summed E-state index contributed by atoms with van der Waals surface area (Å²) in [5.74, 6) is -0.534. The molecule has 4 aliphatic carbocycles. The molecule has 2 fully saturated rings. The van der Waals surface area contributed by atoms with Gasteiger partial charge in [-0.3, -0.25) is 9.59 Å². The van der Waals surface area contributed by atoms with Crippen molar-refractivity contribution in [2.45, 2.75) is 6.42 Å². The van der Waals surface area contributed by atoms with Gasteiger partial charge in [-0.15, -0.1) is 0 Å². The number of hydrogen-bond acceptors (Lipinski definition) is 4. The van der Waals surface area contributed by atoms with E-state index in [1.54, 1.807) is 12.1 Å². The van der Waals surface area contributed by atoms with Gasteiger partial charge < -0.3 is 19.9 Å². The van der Waals surface area contributed by atoms with Crippen LogP contribution in [-0.4, -0.2) is 31.2 Å². The molecule has 0 radical (unpaired) electrons. The Hall–Kier alpha value is -2.02. The Balaban J connectivity index is 1.64. The second-order valence-corrected chi connectivity index (χ2v) is 8.02. The van der Waals surface area contributed by atoms with Gasteiger partial charge in [-0.05, 0) is 46.0 Å². The third-order valence-corrected chi connectivity index (χ3v) is 6.59. The molecule has 0 aliphatic heterocycles. The SMILES string of the molecule is COc1cc(NC(=O)[C@H]2[C@H]3C=C[C@H]([C@H]4C[C@H]34)[C@@H]2C(=O)O)c(OC)cc1Br. The number of ether oxygens (including phenoxy) is 2. The van der Waals surface area contributed by atoms with E-state index in [9.17, 15) is 14.7 Å². The highest BCUT2D eigenvalue weighted by molar-refractivity contribution is 9.10. The van der Waals surface area contributed by atoms with Crippen LogP contribution in [0.2, 0.25) is 0 Å². The zero-order valence-electron chi connectivity index (χ0n) is 14.4. The maximum atomic E-state index is 13.1. The third kappa shape index (κ3) is 2.60. The molecule has 2 saturated carbocycles. The Labute approximate surface area is 159 Å². The summed E-state index contributed by atoms with van der Waals surface area (Å²) in [7, 11) is 3.06. The Morgan fingerprint density at radius 1 is 1.08 bits per heavy atom. The standard InChI is InChI=1S/C19H20BrNO5/c1-25-14-7-13(15(26-2)6-12(14)20)21-18(22)16-8-3-4-9(11-5-10(8)11)17(16)19(23)24/h3-4,6-11,16-17H,5H2,1-2H3,(H,21,22)(H,23,24)/t8-,9+,10+,11+,16-,17-/m0/s1. The first-order valence-corrected chi connectivity index (χ1v) is 9.39. The third-order valence-electron chi connectivity index (χ3n) is 5.97. The lowest BCUT2D eigenvalue weighted by molar-refractivity contribution is -0.152. The Kier molecular flexibility index (Phi) is 4.22. The van der Waals surface area contributed by atoms with E-state index in [0.717, 1.165) is 6.42 Å². The van der Waals surface area contributed by atoms with Gasteiger partial charge in [0.2, 0.25) is 5.91 Å². The summed E-state index contributed by atoms with van der Waals surface area (Å²) in [6.45, 7) is 0. The largest absolute Gasteiger partial charge is 0.495 e. The molecule has 1 aromatic rings. The zero-order valence-corrected chi connectivity index (χ0v) is 16.0. The molecule has 26 heavy (non-hydrogen) atoms. The normalized spacial score (nSPS) is 33.3. The number of halogens is 1. The van der Waals surface area contributed by atoms with Crippen LogP contribution in [-0.2, 0) is 9.59 Å². The maximum Gasteiger partial charge on any atom is 0.307 e. The van der Waals surface area contributed by atoms with Crippen molar-refractivity contribution in [1.29, 1.82) is 0 Å². The van der Waals surface area contributed by atoms with Crippen LogP contribution in [0.25, 0.3) is 0 Å². The van der Waals surface area contributed by atoms with Gasteiger partial charge in [0, 0.05) is 12.1 Å². The van der Waals surface area contributed by atoms with Gasteiger partial charge in [0.1, 0.15) is 11.5 Å². The Bertz CT molecular complexity index is 807. The van der Waals surface area contributed by atoms with Crippen LogP contribution in [0.3, 0.4) is 0 Å². The van der Waals surface area contributed by atoms with E-state index in [2.05, 4.69) is 21.2 Å². The van der Waals surface area contributed by atoms with Crippen LogP contribution in [0.15, 0.2) is 28.8 Å². The quantitative estimate of drug-likeness (QED) is 0.713. The van der Waals surface area contributed by atoms with E-state index in [-0.39, 0.29) is 17.7 Å². The van der Waals surface area contributed by atoms with Crippen LogP contribution < -0.4 is 14.8 Å².